The minimum Gasteiger partial charge on any atom is -0.325 e. The number of rotatable bonds is 3. The number of carbonyl (C=O) groups is 2. The van der Waals surface area contributed by atoms with E-state index >= 15 is 0 Å². The summed E-state index contributed by atoms with van der Waals surface area (Å²) in [5.41, 5.74) is 1.34. The normalized spacial score (nSPS) is 10.8. The molecule has 0 unspecified atom stereocenters. The van der Waals surface area contributed by atoms with Gasteiger partial charge in [0.25, 0.3) is 11.5 Å². The Morgan fingerprint density at radius 1 is 1.23 bits per heavy atom. The molecule has 2 N–H and O–H groups in total. The SMILES string of the molecule is CC(=O)Nc1ccc(Br)cc1NC(=O)c1sc2ncn(C)c(=O)c2c1C. The summed E-state index contributed by atoms with van der Waals surface area (Å²) in [6, 6.07) is 5.15. The van der Waals surface area contributed by atoms with Gasteiger partial charge in [-0.1, -0.05) is 15.9 Å². The van der Waals surface area contributed by atoms with Crippen molar-refractivity contribution in [2.45, 2.75) is 13.8 Å². The van der Waals surface area contributed by atoms with E-state index in [0.717, 1.165) is 15.8 Å². The quantitative estimate of drug-likeness (QED) is 0.661. The summed E-state index contributed by atoms with van der Waals surface area (Å²) in [4.78, 5) is 41.6. The largest absolute Gasteiger partial charge is 0.325 e. The van der Waals surface area contributed by atoms with Gasteiger partial charge in [-0.15, -0.1) is 11.3 Å². The van der Waals surface area contributed by atoms with Gasteiger partial charge in [-0.05, 0) is 30.7 Å². The summed E-state index contributed by atoms with van der Waals surface area (Å²) < 4.78 is 2.14. The van der Waals surface area contributed by atoms with Crippen LogP contribution in [-0.4, -0.2) is 21.4 Å². The number of anilines is 2. The highest BCUT2D eigenvalue weighted by molar-refractivity contribution is 9.10. The molecule has 0 bridgehead atoms. The zero-order valence-corrected chi connectivity index (χ0v) is 16.6. The molecule has 0 aliphatic carbocycles. The third-order valence-electron chi connectivity index (χ3n) is 3.76. The number of amides is 2. The topological polar surface area (TPSA) is 93.1 Å². The Kier molecular flexibility index (Phi) is 4.92. The van der Waals surface area contributed by atoms with E-state index in [0.29, 0.717) is 32.0 Å². The number of thiophene rings is 1. The number of benzene rings is 1. The van der Waals surface area contributed by atoms with Gasteiger partial charge in [0.05, 0.1) is 28.0 Å². The molecule has 2 aromatic heterocycles. The van der Waals surface area contributed by atoms with Gasteiger partial charge in [0, 0.05) is 18.4 Å². The van der Waals surface area contributed by atoms with Gasteiger partial charge >= 0.3 is 0 Å². The lowest BCUT2D eigenvalue weighted by atomic mass is 10.2. The summed E-state index contributed by atoms with van der Waals surface area (Å²) in [7, 11) is 1.62. The number of halogens is 1. The van der Waals surface area contributed by atoms with Gasteiger partial charge in [0.1, 0.15) is 4.83 Å². The van der Waals surface area contributed by atoms with Crippen LogP contribution >= 0.6 is 27.3 Å². The van der Waals surface area contributed by atoms with Gasteiger partial charge in [-0.3, -0.25) is 14.4 Å². The maximum Gasteiger partial charge on any atom is 0.266 e. The van der Waals surface area contributed by atoms with Crippen molar-refractivity contribution in [3.8, 4) is 0 Å². The number of nitrogens with one attached hydrogen (secondary N) is 2. The Morgan fingerprint density at radius 2 is 1.96 bits per heavy atom. The summed E-state index contributed by atoms with van der Waals surface area (Å²) in [5.74, 6) is -0.606. The number of hydrogen-bond acceptors (Lipinski definition) is 5. The molecule has 3 rings (SSSR count). The van der Waals surface area contributed by atoms with Crippen LogP contribution in [-0.2, 0) is 11.8 Å². The molecule has 0 radical (unpaired) electrons. The first-order valence-electron chi connectivity index (χ1n) is 7.61. The molecule has 0 saturated heterocycles. The standard InChI is InChI=1S/C17H15BrN4O3S/c1-8-13-16(19-7-22(3)17(13)25)26-14(8)15(24)21-12-6-10(18)4-5-11(12)20-9(2)23/h4-7H,1-3H3,(H,20,23)(H,21,24). The minimum absolute atomic E-state index is 0.191. The van der Waals surface area contributed by atoms with E-state index in [1.807, 2.05) is 0 Å². The number of fused-ring (bicyclic) bond motifs is 1. The first kappa shape index (κ1) is 18.3. The first-order chi connectivity index (χ1) is 12.3. The summed E-state index contributed by atoms with van der Waals surface area (Å²) in [6.45, 7) is 3.12. The molecule has 26 heavy (non-hydrogen) atoms. The molecular weight excluding hydrogens is 420 g/mol. The van der Waals surface area contributed by atoms with Gasteiger partial charge in [-0.2, -0.15) is 0 Å². The Morgan fingerprint density at radius 3 is 2.65 bits per heavy atom. The Labute approximate surface area is 161 Å². The predicted octanol–water partition coefficient (Wildman–Crippen LogP) is 3.28. The molecule has 2 amide bonds. The van der Waals surface area contributed by atoms with Gasteiger partial charge in [-0.25, -0.2) is 4.98 Å². The van der Waals surface area contributed by atoms with E-state index in [9.17, 15) is 14.4 Å². The third-order valence-corrected chi connectivity index (χ3v) is 5.45. The molecule has 9 heteroatoms. The molecule has 0 fully saturated rings. The second kappa shape index (κ2) is 7.00. The summed E-state index contributed by atoms with van der Waals surface area (Å²) in [5, 5.41) is 5.92. The van der Waals surface area contributed by atoms with Gasteiger partial charge in [0.15, 0.2) is 0 Å². The second-order valence-electron chi connectivity index (χ2n) is 5.72. The van der Waals surface area contributed by atoms with Crippen molar-refractivity contribution in [1.82, 2.24) is 9.55 Å². The highest BCUT2D eigenvalue weighted by Crippen LogP contribution is 2.30. The maximum atomic E-state index is 12.8. The molecule has 0 aliphatic rings. The van der Waals surface area contributed by atoms with Crippen LogP contribution in [0.3, 0.4) is 0 Å². The molecule has 0 spiro atoms. The monoisotopic (exact) mass is 434 g/mol. The van der Waals surface area contributed by atoms with Crippen molar-refractivity contribution in [3.05, 3.63) is 49.8 Å². The fourth-order valence-electron chi connectivity index (χ4n) is 2.52. The lowest BCUT2D eigenvalue weighted by Gasteiger charge is -2.11. The molecule has 7 nitrogen and oxygen atoms in total. The summed E-state index contributed by atoms with van der Waals surface area (Å²) in [6.07, 6.45) is 1.44. The van der Waals surface area contributed by atoms with E-state index < -0.39 is 0 Å². The highest BCUT2D eigenvalue weighted by Gasteiger charge is 2.20. The van der Waals surface area contributed by atoms with Gasteiger partial charge in [0.2, 0.25) is 5.91 Å². The van der Waals surface area contributed by atoms with E-state index in [2.05, 4.69) is 31.5 Å². The van der Waals surface area contributed by atoms with E-state index in [-0.39, 0.29) is 17.4 Å². The molecule has 3 aromatic rings. The number of aromatic nitrogens is 2. The third kappa shape index (κ3) is 3.40. The average Bonchev–Trinajstić information content (AvgIpc) is 2.91. The predicted molar refractivity (Wildman–Crippen MR) is 106 cm³/mol. The van der Waals surface area contributed by atoms with Crippen molar-refractivity contribution in [2.24, 2.45) is 7.05 Å². The number of hydrogen-bond donors (Lipinski definition) is 2. The summed E-state index contributed by atoms with van der Waals surface area (Å²) >= 11 is 4.52. The van der Waals surface area contributed by atoms with Crippen molar-refractivity contribution < 1.29 is 9.59 Å². The van der Waals surface area contributed by atoms with Crippen molar-refractivity contribution in [2.75, 3.05) is 10.6 Å². The smallest absolute Gasteiger partial charge is 0.266 e. The van der Waals surface area contributed by atoms with Crippen LogP contribution in [0.4, 0.5) is 11.4 Å². The van der Waals surface area contributed by atoms with Gasteiger partial charge < -0.3 is 15.2 Å². The van der Waals surface area contributed by atoms with Crippen LogP contribution in [0.2, 0.25) is 0 Å². The van der Waals surface area contributed by atoms with Crippen molar-refractivity contribution in [1.29, 1.82) is 0 Å². The van der Waals surface area contributed by atoms with Crippen molar-refractivity contribution in [3.63, 3.8) is 0 Å². The maximum absolute atomic E-state index is 12.8. The fourth-order valence-corrected chi connectivity index (χ4v) is 3.92. The average molecular weight is 435 g/mol. The lowest BCUT2D eigenvalue weighted by Crippen LogP contribution is -2.17. The first-order valence-corrected chi connectivity index (χ1v) is 9.22. The van der Waals surface area contributed by atoms with Crippen molar-refractivity contribution >= 4 is 60.7 Å². The van der Waals surface area contributed by atoms with Crippen LogP contribution in [0.1, 0.15) is 22.2 Å². The second-order valence-corrected chi connectivity index (χ2v) is 7.64. The molecular formula is C17H15BrN4O3S. The Bertz CT molecular complexity index is 1100. The van der Waals surface area contributed by atoms with Crippen LogP contribution < -0.4 is 16.2 Å². The molecule has 1 aromatic carbocycles. The molecule has 0 aliphatic heterocycles. The van der Waals surface area contributed by atoms with Crippen LogP contribution in [0.15, 0.2) is 33.8 Å². The molecule has 0 saturated carbocycles. The van der Waals surface area contributed by atoms with E-state index in [1.165, 1.54) is 17.8 Å². The number of carbonyl (C=O) groups excluding carboxylic acids is 2. The van der Waals surface area contributed by atoms with Crippen LogP contribution in [0.25, 0.3) is 10.2 Å². The molecule has 134 valence electrons. The number of nitrogens with zero attached hydrogens (tertiary/aromatic N) is 2. The van der Waals surface area contributed by atoms with E-state index in [1.54, 1.807) is 32.2 Å². The van der Waals surface area contributed by atoms with Crippen LogP contribution in [0.5, 0.6) is 0 Å². The zero-order chi connectivity index (χ0) is 19.0. The Balaban J connectivity index is 2.02. The van der Waals surface area contributed by atoms with E-state index in [4.69, 9.17) is 0 Å². The minimum atomic E-state index is -0.364. The highest BCUT2D eigenvalue weighted by atomic mass is 79.9. The molecule has 2 heterocycles. The Hall–Kier alpha value is -2.52. The fraction of sp³-hybridized carbons (Fsp3) is 0.176. The van der Waals surface area contributed by atoms with Crippen LogP contribution in [0, 0.1) is 6.92 Å². The lowest BCUT2D eigenvalue weighted by molar-refractivity contribution is -0.114. The number of aryl methyl sites for hydroxylation is 2. The molecule has 0 atom stereocenters. The zero-order valence-electron chi connectivity index (χ0n) is 14.2.